The molecule has 7 heteroatoms. The van der Waals surface area contributed by atoms with Crippen LogP contribution in [0.4, 0.5) is 5.82 Å². The van der Waals surface area contributed by atoms with Crippen molar-refractivity contribution in [2.75, 3.05) is 23.9 Å². The van der Waals surface area contributed by atoms with Crippen molar-refractivity contribution in [2.45, 2.75) is 12.8 Å². The second kappa shape index (κ2) is 4.61. The highest BCUT2D eigenvalue weighted by Gasteiger charge is 2.23. The van der Waals surface area contributed by atoms with Crippen molar-refractivity contribution in [1.29, 1.82) is 0 Å². The van der Waals surface area contributed by atoms with Crippen LogP contribution < -0.4 is 10.6 Å². The third-order valence-electron chi connectivity index (χ3n) is 3.39. The zero-order valence-electron chi connectivity index (χ0n) is 9.84. The SMILES string of the molecule is O=c1[nH]nc2ccc(N3CCC(CCCl)C3)nn12. The number of halogens is 1. The van der Waals surface area contributed by atoms with Crippen molar-refractivity contribution < 1.29 is 0 Å². The summed E-state index contributed by atoms with van der Waals surface area (Å²) in [4.78, 5) is 13.6. The molecule has 1 aliphatic rings. The van der Waals surface area contributed by atoms with E-state index in [1.165, 1.54) is 4.52 Å². The summed E-state index contributed by atoms with van der Waals surface area (Å²) >= 11 is 5.77. The summed E-state index contributed by atoms with van der Waals surface area (Å²) in [6, 6.07) is 3.70. The molecule has 0 aliphatic carbocycles. The van der Waals surface area contributed by atoms with E-state index in [0.29, 0.717) is 17.4 Å². The van der Waals surface area contributed by atoms with Gasteiger partial charge in [-0.3, -0.25) is 0 Å². The molecule has 0 saturated carbocycles. The lowest BCUT2D eigenvalue weighted by Crippen LogP contribution is -2.23. The lowest BCUT2D eigenvalue weighted by atomic mass is 10.1. The van der Waals surface area contributed by atoms with Crippen LogP contribution in [0.25, 0.3) is 5.65 Å². The van der Waals surface area contributed by atoms with Crippen LogP contribution >= 0.6 is 11.6 Å². The second-order valence-corrected chi connectivity index (χ2v) is 4.95. The zero-order chi connectivity index (χ0) is 12.5. The summed E-state index contributed by atoms with van der Waals surface area (Å²) in [6.45, 7) is 1.92. The smallest absolute Gasteiger partial charge is 0.355 e. The van der Waals surface area contributed by atoms with Crippen molar-refractivity contribution in [2.24, 2.45) is 5.92 Å². The lowest BCUT2D eigenvalue weighted by molar-refractivity contribution is 0.571. The molecule has 3 rings (SSSR count). The van der Waals surface area contributed by atoms with Crippen molar-refractivity contribution in [3.63, 3.8) is 0 Å². The van der Waals surface area contributed by atoms with E-state index in [9.17, 15) is 4.79 Å². The van der Waals surface area contributed by atoms with Gasteiger partial charge in [0.2, 0.25) is 0 Å². The number of H-pyrrole nitrogens is 1. The third kappa shape index (κ3) is 1.96. The summed E-state index contributed by atoms with van der Waals surface area (Å²) < 4.78 is 1.30. The molecule has 0 aromatic carbocycles. The number of hydrogen-bond donors (Lipinski definition) is 1. The summed E-state index contributed by atoms with van der Waals surface area (Å²) in [5, 5.41) is 10.6. The number of nitrogens with zero attached hydrogens (tertiary/aromatic N) is 4. The number of aromatic amines is 1. The van der Waals surface area contributed by atoms with Crippen molar-refractivity contribution in [3.8, 4) is 0 Å². The van der Waals surface area contributed by atoms with Crippen molar-refractivity contribution >= 4 is 23.1 Å². The number of alkyl halides is 1. The summed E-state index contributed by atoms with van der Waals surface area (Å²) in [6.07, 6.45) is 2.17. The average molecular weight is 268 g/mol. The van der Waals surface area contributed by atoms with Crippen LogP contribution in [0.3, 0.4) is 0 Å². The molecule has 6 nitrogen and oxygen atoms in total. The molecule has 0 radical (unpaired) electrons. The summed E-state index contributed by atoms with van der Waals surface area (Å²) in [5.41, 5.74) is 0.239. The lowest BCUT2D eigenvalue weighted by Gasteiger charge is -2.16. The minimum absolute atomic E-state index is 0.302. The molecule has 0 amide bonds. The van der Waals surface area contributed by atoms with E-state index < -0.39 is 0 Å². The summed E-state index contributed by atoms with van der Waals surface area (Å²) in [7, 11) is 0. The predicted octanol–water partition coefficient (Wildman–Crippen LogP) is 0.873. The molecule has 1 atom stereocenters. The van der Waals surface area contributed by atoms with Gasteiger partial charge in [-0.05, 0) is 30.9 Å². The van der Waals surface area contributed by atoms with Crippen LogP contribution in [-0.2, 0) is 0 Å². The van der Waals surface area contributed by atoms with E-state index in [-0.39, 0.29) is 5.69 Å². The maximum atomic E-state index is 11.5. The van der Waals surface area contributed by atoms with Crippen LogP contribution in [0.2, 0.25) is 0 Å². The minimum Gasteiger partial charge on any atom is -0.355 e. The monoisotopic (exact) mass is 267 g/mol. The molecular weight excluding hydrogens is 254 g/mol. The Labute approximate surface area is 109 Å². The van der Waals surface area contributed by atoms with Crippen LogP contribution in [0, 0.1) is 5.92 Å². The van der Waals surface area contributed by atoms with Gasteiger partial charge < -0.3 is 4.90 Å². The first kappa shape index (κ1) is 11.5. The highest BCUT2D eigenvalue weighted by Crippen LogP contribution is 2.24. The first-order valence-corrected chi connectivity index (χ1v) is 6.57. The first-order valence-electron chi connectivity index (χ1n) is 6.03. The Hall–Kier alpha value is -1.56. The zero-order valence-corrected chi connectivity index (χ0v) is 10.6. The van der Waals surface area contributed by atoms with Crippen LogP contribution in [-0.4, -0.2) is 38.8 Å². The van der Waals surface area contributed by atoms with Gasteiger partial charge in [0.15, 0.2) is 5.65 Å². The van der Waals surface area contributed by atoms with E-state index in [1.54, 1.807) is 6.07 Å². The number of fused-ring (bicyclic) bond motifs is 1. The quantitative estimate of drug-likeness (QED) is 0.838. The van der Waals surface area contributed by atoms with Gasteiger partial charge in [-0.15, -0.1) is 16.7 Å². The Bertz CT molecular complexity index is 607. The third-order valence-corrected chi connectivity index (χ3v) is 3.60. The van der Waals surface area contributed by atoms with Gasteiger partial charge in [0, 0.05) is 19.0 Å². The second-order valence-electron chi connectivity index (χ2n) is 4.57. The molecule has 2 aromatic heterocycles. The van der Waals surface area contributed by atoms with E-state index in [1.807, 2.05) is 6.07 Å². The van der Waals surface area contributed by atoms with Gasteiger partial charge in [-0.1, -0.05) is 0 Å². The normalized spacial score (nSPS) is 19.8. The molecule has 3 heterocycles. The molecule has 1 aliphatic heterocycles. The van der Waals surface area contributed by atoms with Crippen molar-refractivity contribution in [3.05, 3.63) is 22.6 Å². The van der Waals surface area contributed by atoms with Crippen LogP contribution in [0.5, 0.6) is 0 Å². The number of nitrogens with one attached hydrogen (secondary N) is 1. The highest BCUT2D eigenvalue weighted by atomic mass is 35.5. The van der Waals surface area contributed by atoms with E-state index >= 15 is 0 Å². The van der Waals surface area contributed by atoms with Gasteiger partial charge in [-0.25, -0.2) is 9.89 Å². The number of rotatable bonds is 3. The van der Waals surface area contributed by atoms with E-state index in [2.05, 4.69) is 20.2 Å². The number of hydrogen-bond acceptors (Lipinski definition) is 4. The maximum absolute atomic E-state index is 11.5. The van der Waals surface area contributed by atoms with Crippen LogP contribution in [0.15, 0.2) is 16.9 Å². The molecular formula is C11H14ClN5O. The Morgan fingerprint density at radius 3 is 3.22 bits per heavy atom. The Balaban J connectivity index is 1.86. The molecule has 18 heavy (non-hydrogen) atoms. The molecule has 1 fully saturated rings. The fraction of sp³-hybridized carbons (Fsp3) is 0.545. The minimum atomic E-state index is -0.302. The highest BCUT2D eigenvalue weighted by molar-refractivity contribution is 6.17. The fourth-order valence-corrected chi connectivity index (χ4v) is 2.70. The molecule has 0 spiro atoms. The van der Waals surface area contributed by atoms with Gasteiger partial charge in [0.25, 0.3) is 0 Å². The molecule has 1 saturated heterocycles. The summed E-state index contributed by atoms with van der Waals surface area (Å²) in [5.74, 6) is 2.15. The fourth-order valence-electron chi connectivity index (χ4n) is 2.39. The van der Waals surface area contributed by atoms with Gasteiger partial charge in [0.1, 0.15) is 5.82 Å². The molecule has 2 aromatic rings. The first-order chi connectivity index (χ1) is 8.78. The Morgan fingerprint density at radius 1 is 1.50 bits per heavy atom. The number of aromatic nitrogens is 4. The van der Waals surface area contributed by atoms with E-state index in [4.69, 9.17) is 11.6 Å². The van der Waals surface area contributed by atoms with E-state index in [0.717, 1.165) is 31.7 Å². The molecule has 1 N–H and O–H groups in total. The largest absolute Gasteiger partial charge is 0.364 e. The van der Waals surface area contributed by atoms with Gasteiger partial charge in [0.05, 0.1) is 0 Å². The number of anilines is 1. The standard InChI is InChI=1S/C11H14ClN5O/c12-5-3-8-4-6-16(7-8)10-2-1-9-13-14-11(18)17(9)15-10/h1-2,8H,3-7H2,(H,14,18). The van der Waals surface area contributed by atoms with Gasteiger partial charge >= 0.3 is 5.69 Å². The molecule has 0 bridgehead atoms. The average Bonchev–Trinajstić information content (AvgIpc) is 2.98. The predicted molar refractivity (Wildman–Crippen MR) is 69.3 cm³/mol. The van der Waals surface area contributed by atoms with Gasteiger partial charge in [-0.2, -0.15) is 9.61 Å². The Morgan fingerprint density at radius 2 is 2.39 bits per heavy atom. The Kier molecular flexibility index (Phi) is 2.95. The molecule has 96 valence electrons. The van der Waals surface area contributed by atoms with Crippen LogP contribution in [0.1, 0.15) is 12.8 Å². The van der Waals surface area contributed by atoms with Crippen molar-refractivity contribution in [1.82, 2.24) is 19.8 Å². The maximum Gasteiger partial charge on any atom is 0.364 e. The molecule has 1 unspecified atom stereocenters. The topological polar surface area (TPSA) is 66.3 Å².